The number of aliphatic carboxylic acids is 1. The van der Waals surface area contributed by atoms with Crippen LogP contribution in [0, 0.1) is 0 Å². The van der Waals surface area contributed by atoms with Crippen LogP contribution in [0.15, 0.2) is 77.8 Å². The fourth-order valence-corrected chi connectivity index (χ4v) is 4.37. The lowest BCUT2D eigenvalue weighted by Gasteiger charge is -2.22. The fraction of sp³-hybridized carbons (Fsp3) is 0.250. The van der Waals surface area contributed by atoms with Crippen LogP contribution in [0.3, 0.4) is 0 Å². The van der Waals surface area contributed by atoms with Gasteiger partial charge in [0.1, 0.15) is 12.1 Å². The number of nitrogens with two attached hydrogens (primary N) is 1. The molecule has 0 radical (unpaired) electrons. The van der Waals surface area contributed by atoms with E-state index in [1.807, 2.05) is 72.8 Å². The molecule has 0 unspecified atom stereocenters. The minimum atomic E-state index is -1.17. The van der Waals surface area contributed by atoms with E-state index < -0.39 is 24.0 Å². The van der Waals surface area contributed by atoms with Crippen LogP contribution < -0.4 is 16.2 Å². The summed E-state index contributed by atoms with van der Waals surface area (Å²) in [6.45, 7) is 0.702. The van der Waals surface area contributed by atoms with E-state index in [4.69, 9.17) is 15.6 Å². The molecule has 8 nitrogen and oxygen atoms in total. The van der Waals surface area contributed by atoms with Gasteiger partial charge in [0, 0.05) is 32.0 Å². The molecule has 1 aliphatic rings. The van der Waals surface area contributed by atoms with Gasteiger partial charge in [-0.15, -0.1) is 0 Å². The maximum atomic E-state index is 12.7. The number of ether oxygens (including phenoxy) is 1. The number of rotatable bonds is 10. The van der Waals surface area contributed by atoms with Gasteiger partial charge in [-0.1, -0.05) is 72.8 Å². The zero-order chi connectivity index (χ0) is 25.5. The Hall–Kier alpha value is -4.17. The highest BCUT2D eigenvalue weighted by atomic mass is 16.6. The van der Waals surface area contributed by atoms with Gasteiger partial charge in [-0.3, -0.25) is 14.6 Å². The summed E-state index contributed by atoms with van der Waals surface area (Å²) in [7, 11) is 0. The Kier molecular flexibility index (Phi) is 7.97. The zero-order valence-corrected chi connectivity index (χ0v) is 19.7. The first-order valence-electron chi connectivity index (χ1n) is 11.8. The Balaban J connectivity index is 1.43. The highest BCUT2D eigenvalue weighted by molar-refractivity contribution is 5.84. The van der Waals surface area contributed by atoms with Crippen LogP contribution in [0.1, 0.15) is 41.0 Å². The second kappa shape index (κ2) is 11.5. The number of nitrogens with zero attached hydrogens (tertiary/aromatic N) is 1. The molecule has 4 rings (SSSR count). The third-order valence-corrected chi connectivity index (χ3v) is 6.26. The van der Waals surface area contributed by atoms with Gasteiger partial charge in [0.05, 0.1) is 0 Å². The molecule has 0 saturated heterocycles. The van der Waals surface area contributed by atoms with Crippen molar-refractivity contribution in [2.24, 2.45) is 10.7 Å². The van der Waals surface area contributed by atoms with Crippen molar-refractivity contribution in [3.8, 4) is 11.1 Å². The van der Waals surface area contributed by atoms with E-state index in [1.165, 1.54) is 0 Å². The van der Waals surface area contributed by atoms with Gasteiger partial charge in [0.25, 0.3) is 0 Å². The van der Waals surface area contributed by atoms with Crippen molar-refractivity contribution in [2.45, 2.75) is 37.9 Å². The maximum Gasteiger partial charge on any atom is 0.303 e. The lowest BCUT2D eigenvalue weighted by molar-refractivity contribution is -0.251. The van der Waals surface area contributed by atoms with E-state index in [0.29, 0.717) is 6.54 Å². The van der Waals surface area contributed by atoms with Crippen LogP contribution in [-0.2, 0) is 27.4 Å². The molecule has 36 heavy (non-hydrogen) atoms. The number of aliphatic imine (C=N–C) groups is 1. The number of carbonyl (C=O) groups is 2. The van der Waals surface area contributed by atoms with Crippen LogP contribution in [-0.4, -0.2) is 35.7 Å². The molecule has 0 saturated carbocycles. The highest BCUT2D eigenvalue weighted by Gasteiger charge is 2.27. The third kappa shape index (κ3) is 5.90. The summed E-state index contributed by atoms with van der Waals surface area (Å²) < 4.78 is 5.47. The van der Waals surface area contributed by atoms with Crippen molar-refractivity contribution < 1.29 is 24.5 Å². The van der Waals surface area contributed by atoms with Gasteiger partial charge in [-0.2, -0.15) is 0 Å². The smallest absolute Gasteiger partial charge is 0.303 e. The lowest BCUT2D eigenvalue weighted by atomic mass is 9.98. The third-order valence-electron chi connectivity index (χ3n) is 6.26. The summed E-state index contributed by atoms with van der Waals surface area (Å²) in [5, 5.41) is 24.4. The minimum Gasteiger partial charge on any atom is -0.599 e. The Labute approximate surface area is 209 Å². The van der Waals surface area contributed by atoms with Crippen molar-refractivity contribution in [1.29, 1.82) is 0 Å². The van der Waals surface area contributed by atoms with Crippen molar-refractivity contribution in [2.75, 3.05) is 6.61 Å². The topological polar surface area (TPSA) is 137 Å². The maximum absolute atomic E-state index is 12.7. The number of amides is 1. The van der Waals surface area contributed by atoms with Gasteiger partial charge in [-0.05, 0) is 39.8 Å². The first-order valence-corrected chi connectivity index (χ1v) is 11.8. The van der Waals surface area contributed by atoms with E-state index in [0.717, 1.165) is 33.4 Å². The number of carbonyl (C=O) groups excluding carboxylic acids is 1. The number of benzene rings is 3. The summed E-state index contributed by atoms with van der Waals surface area (Å²) in [5.41, 5.74) is 11.7. The predicted molar refractivity (Wildman–Crippen MR) is 134 cm³/mol. The molecule has 0 bridgehead atoms. The molecule has 186 valence electrons. The Bertz CT molecular complexity index is 1210. The normalized spacial score (nSPS) is 13.5. The first kappa shape index (κ1) is 24.9. The quantitative estimate of drug-likeness (QED) is 0.298. The molecule has 3 aromatic rings. The van der Waals surface area contributed by atoms with E-state index >= 15 is 0 Å². The van der Waals surface area contributed by atoms with Gasteiger partial charge in [0.2, 0.25) is 5.91 Å². The Morgan fingerprint density at radius 3 is 2.14 bits per heavy atom. The summed E-state index contributed by atoms with van der Waals surface area (Å²) in [4.78, 5) is 27.7. The van der Waals surface area contributed by atoms with Crippen LogP contribution in [0.4, 0.5) is 0 Å². The average molecular weight is 487 g/mol. The summed E-state index contributed by atoms with van der Waals surface area (Å²) in [5.74, 6) is -1.75. The predicted octanol–water partition coefficient (Wildman–Crippen LogP) is 2.54. The summed E-state index contributed by atoms with van der Waals surface area (Å²) >= 11 is 0. The van der Waals surface area contributed by atoms with Gasteiger partial charge in [-0.25, -0.2) is 0 Å². The fourth-order valence-electron chi connectivity index (χ4n) is 4.37. The number of fused-ring (bicyclic) bond motifs is 3. The monoisotopic (exact) mass is 486 g/mol. The highest BCUT2D eigenvalue weighted by Crippen LogP contribution is 2.44. The minimum absolute atomic E-state index is 0.0666. The van der Waals surface area contributed by atoms with Gasteiger partial charge < -0.3 is 26.0 Å². The largest absolute Gasteiger partial charge is 0.599 e. The molecule has 1 atom stereocenters. The standard InChI is InChI=1S/C28H29N3O5/c29-15-18-9-11-19(12-10-18)16-30-27(34)25(13-14-26(32)33)31-28(35)36-17-24-22-7-3-1-5-20(22)21-6-2-4-8-23(21)24/h1-12,24-25H,13-17,29H2,(H,30,34)(H,31,35)(H,32,33)/p-1/t25-/m0/s1. The van der Waals surface area contributed by atoms with E-state index in [9.17, 15) is 14.7 Å². The molecule has 8 heteroatoms. The van der Waals surface area contributed by atoms with Crippen LogP contribution in [0.25, 0.3) is 11.1 Å². The first-order chi connectivity index (χ1) is 17.5. The second-order valence-electron chi connectivity index (χ2n) is 8.62. The van der Waals surface area contributed by atoms with Gasteiger partial charge in [0.15, 0.2) is 0 Å². The van der Waals surface area contributed by atoms with E-state index in [2.05, 4.69) is 10.3 Å². The molecule has 0 aromatic heterocycles. The molecule has 4 N–H and O–H groups in total. The van der Waals surface area contributed by atoms with Crippen molar-refractivity contribution in [3.05, 3.63) is 95.1 Å². The number of hydrogen-bond donors (Lipinski definition) is 3. The lowest BCUT2D eigenvalue weighted by Crippen LogP contribution is -2.36. The molecule has 1 amide bonds. The second-order valence-corrected chi connectivity index (χ2v) is 8.62. The summed E-state index contributed by atoms with van der Waals surface area (Å²) in [6.07, 6.45) is -1.31. The molecular weight excluding hydrogens is 458 g/mol. The van der Waals surface area contributed by atoms with Crippen LogP contribution in [0.2, 0.25) is 0 Å². The van der Waals surface area contributed by atoms with Crippen LogP contribution >= 0.6 is 0 Å². The van der Waals surface area contributed by atoms with Crippen molar-refractivity contribution in [3.63, 3.8) is 0 Å². The molecule has 0 spiro atoms. The average Bonchev–Trinajstić information content (AvgIpc) is 3.22. The number of nitrogens with one attached hydrogen (secondary N) is 1. The Morgan fingerprint density at radius 1 is 0.972 bits per heavy atom. The van der Waals surface area contributed by atoms with Gasteiger partial charge >= 0.3 is 5.97 Å². The zero-order valence-electron chi connectivity index (χ0n) is 19.7. The number of carboxylic acids is 1. The number of hydrogen-bond acceptors (Lipinski definition) is 6. The Morgan fingerprint density at radius 2 is 1.56 bits per heavy atom. The molecule has 0 fully saturated rings. The van der Waals surface area contributed by atoms with E-state index in [-0.39, 0.29) is 31.9 Å². The van der Waals surface area contributed by atoms with Crippen LogP contribution in [0.5, 0.6) is 0 Å². The van der Waals surface area contributed by atoms with Crippen molar-refractivity contribution >= 4 is 18.0 Å². The molecular formula is C28H28N3O5-. The van der Waals surface area contributed by atoms with E-state index in [1.54, 1.807) is 0 Å². The molecule has 0 heterocycles. The SMILES string of the molecule is NCc1ccc(CNC(=O)[C@H](CCC(=O)O)N=C([O-])OCC2c3ccccc3-c3ccccc32)cc1. The molecule has 3 aromatic carbocycles. The number of carboxylic acid groups (broad SMARTS) is 1. The van der Waals surface area contributed by atoms with Crippen molar-refractivity contribution in [1.82, 2.24) is 5.32 Å². The molecule has 0 aliphatic heterocycles. The summed E-state index contributed by atoms with van der Waals surface area (Å²) in [6, 6.07) is 22.2. The molecule has 1 aliphatic carbocycles.